The second-order valence-corrected chi connectivity index (χ2v) is 4.08. The highest BCUT2D eigenvalue weighted by Crippen LogP contribution is 2.16. The van der Waals surface area contributed by atoms with Gasteiger partial charge in [0.1, 0.15) is 17.4 Å². The molecule has 2 aromatic heterocycles. The van der Waals surface area contributed by atoms with Gasteiger partial charge in [-0.2, -0.15) is 0 Å². The number of carbonyl (C=O) groups is 1. The molecule has 0 aliphatic heterocycles. The number of carboxylic acids is 1. The number of aryl methyl sites for hydroxylation is 1. The number of hydrogen-bond acceptors (Lipinski definition) is 7. The molecule has 0 aliphatic rings. The van der Waals surface area contributed by atoms with Gasteiger partial charge in [0.2, 0.25) is 0 Å². The molecule has 0 fully saturated rings. The van der Waals surface area contributed by atoms with Crippen LogP contribution < -0.4 is 5.73 Å². The lowest BCUT2D eigenvalue weighted by atomic mass is 10.2. The van der Waals surface area contributed by atoms with Gasteiger partial charge in [-0.1, -0.05) is 0 Å². The number of fused-ring (bicyclic) bond motifs is 1. The van der Waals surface area contributed by atoms with E-state index >= 15 is 0 Å². The zero-order valence-electron chi connectivity index (χ0n) is 10.1. The summed E-state index contributed by atoms with van der Waals surface area (Å²) in [6.07, 6.45) is -2.00. The topological polar surface area (TPSA) is 147 Å². The second kappa shape index (κ2) is 4.78. The summed E-state index contributed by atoms with van der Waals surface area (Å²) in [5.74, 6) is -0.864. The normalized spacial score (nSPS) is 14.5. The minimum absolute atomic E-state index is 0.167. The molecule has 2 aromatic rings. The molecular weight excluding hydrogens is 254 g/mol. The van der Waals surface area contributed by atoms with Gasteiger partial charge in [-0.25, -0.2) is 19.7 Å². The van der Waals surface area contributed by atoms with Crippen molar-refractivity contribution in [1.29, 1.82) is 0 Å². The van der Waals surface area contributed by atoms with Gasteiger partial charge < -0.3 is 25.6 Å². The lowest BCUT2D eigenvalue weighted by molar-refractivity contribution is -0.153. The first kappa shape index (κ1) is 13.2. The van der Waals surface area contributed by atoms with Gasteiger partial charge in [0.25, 0.3) is 0 Å². The standard InChI is InChI=1S/C10H13N5O4/c1-4-13-8(11)6-9(14-4)15(3-12-6)2-5(16)7(17)10(18)19/h3,5,7,16-17H,2H2,1H3,(H,18,19)(H2,11,13,14)/t5-,7-/m1/s1. The van der Waals surface area contributed by atoms with Crippen LogP contribution in [0.25, 0.3) is 11.2 Å². The highest BCUT2D eigenvalue weighted by Gasteiger charge is 2.24. The minimum Gasteiger partial charge on any atom is -0.479 e. The first-order valence-electron chi connectivity index (χ1n) is 5.44. The van der Waals surface area contributed by atoms with Gasteiger partial charge in [0.15, 0.2) is 17.6 Å². The lowest BCUT2D eigenvalue weighted by Crippen LogP contribution is -2.36. The summed E-state index contributed by atoms with van der Waals surface area (Å²) in [5.41, 5.74) is 6.42. The van der Waals surface area contributed by atoms with Crippen molar-refractivity contribution in [2.45, 2.75) is 25.7 Å². The summed E-state index contributed by atoms with van der Waals surface area (Å²) in [6, 6.07) is 0. The summed E-state index contributed by atoms with van der Waals surface area (Å²) < 4.78 is 1.41. The van der Waals surface area contributed by atoms with E-state index in [1.807, 2.05) is 0 Å². The molecule has 9 heteroatoms. The second-order valence-electron chi connectivity index (χ2n) is 4.08. The molecule has 2 heterocycles. The van der Waals surface area contributed by atoms with Crippen LogP contribution in [-0.4, -0.2) is 53.0 Å². The maximum atomic E-state index is 10.6. The SMILES string of the molecule is Cc1nc(N)c2ncn(C[C@@H](O)[C@@H](O)C(=O)O)c2n1. The fraction of sp³-hybridized carbons (Fsp3) is 0.400. The summed E-state index contributed by atoms with van der Waals surface area (Å²) in [6.45, 7) is 1.48. The molecule has 0 radical (unpaired) electrons. The Morgan fingerprint density at radius 2 is 2.16 bits per heavy atom. The predicted molar refractivity (Wildman–Crippen MR) is 64.1 cm³/mol. The average Bonchev–Trinajstić information content (AvgIpc) is 2.71. The Labute approximate surface area is 107 Å². The van der Waals surface area contributed by atoms with Crippen molar-refractivity contribution in [3.05, 3.63) is 12.2 Å². The minimum atomic E-state index is -1.88. The fourth-order valence-corrected chi connectivity index (χ4v) is 1.68. The van der Waals surface area contributed by atoms with Crippen LogP contribution in [0.1, 0.15) is 5.82 Å². The van der Waals surface area contributed by atoms with Crippen molar-refractivity contribution in [2.24, 2.45) is 0 Å². The van der Waals surface area contributed by atoms with Crippen LogP contribution in [0.2, 0.25) is 0 Å². The lowest BCUT2D eigenvalue weighted by Gasteiger charge is -2.14. The smallest absolute Gasteiger partial charge is 0.335 e. The van der Waals surface area contributed by atoms with E-state index in [0.29, 0.717) is 17.0 Å². The Bertz CT molecular complexity index is 626. The van der Waals surface area contributed by atoms with Crippen molar-refractivity contribution in [3.8, 4) is 0 Å². The highest BCUT2D eigenvalue weighted by molar-refractivity contribution is 5.81. The van der Waals surface area contributed by atoms with Crippen molar-refractivity contribution < 1.29 is 20.1 Å². The van der Waals surface area contributed by atoms with E-state index in [1.165, 1.54) is 10.9 Å². The molecule has 5 N–H and O–H groups in total. The Morgan fingerprint density at radius 1 is 1.47 bits per heavy atom. The molecular formula is C10H13N5O4. The van der Waals surface area contributed by atoms with E-state index in [0.717, 1.165) is 0 Å². The number of rotatable bonds is 4. The molecule has 2 atom stereocenters. The van der Waals surface area contributed by atoms with Crippen LogP contribution in [0.3, 0.4) is 0 Å². The van der Waals surface area contributed by atoms with Crippen molar-refractivity contribution in [2.75, 3.05) is 5.73 Å². The Morgan fingerprint density at radius 3 is 2.79 bits per heavy atom. The van der Waals surface area contributed by atoms with Crippen LogP contribution in [0, 0.1) is 6.92 Å². The maximum Gasteiger partial charge on any atom is 0.335 e. The van der Waals surface area contributed by atoms with Crippen LogP contribution in [-0.2, 0) is 11.3 Å². The number of anilines is 1. The number of aliphatic carboxylic acids is 1. The first-order chi connectivity index (χ1) is 8.90. The van der Waals surface area contributed by atoms with E-state index in [9.17, 15) is 15.0 Å². The van der Waals surface area contributed by atoms with Crippen LogP contribution in [0.4, 0.5) is 5.82 Å². The summed E-state index contributed by atoms with van der Waals surface area (Å²) in [7, 11) is 0. The number of aliphatic hydroxyl groups is 2. The van der Waals surface area contributed by atoms with E-state index in [1.54, 1.807) is 6.92 Å². The van der Waals surface area contributed by atoms with Gasteiger partial charge in [0.05, 0.1) is 12.9 Å². The quantitative estimate of drug-likeness (QED) is 0.524. The average molecular weight is 267 g/mol. The molecule has 0 bridgehead atoms. The molecule has 0 spiro atoms. The van der Waals surface area contributed by atoms with Gasteiger partial charge in [-0.05, 0) is 6.92 Å². The van der Waals surface area contributed by atoms with Gasteiger partial charge in [-0.3, -0.25) is 0 Å². The number of nitrogen functional groups attached to an aromatic ring is 1. The number of nitrogens with zero attached hydrogens (tertiary/aromatic N) is 4. The number of aromatic nitrogens is 4. The van der Waals surface area contributed by atoms with Crippen molar-refractivity contribution in [1.82, 2.24) is 19.5 Å². The molecule has 0 amide bonds. The van der Waals surface area contributed by atoms with Gasteiger partial charge >= 0.3 is 5.97 Å². The number of imidazole rings is 1. The molecule has 9 nitrogen and oxygen atoms in total. The fourth-order valence-electron chi connectivity index (χ4n) is 1.68. The zero-order chi connectivity index (χ0) is 14.2. The largest absolute Gasteiger partial charge is 0.479 e. The Hall–Kier alpha value is -2.26. The third-order valence-electron chi connectivity index (χ3n) is 2.60. The first-order valence-corrected chi connectivity index (χ1v) is 5.44. The number of carboxylic acid groups (broad SMARTS) is 1. The molecule has 0 aliphatic carbocycles. The number of nitrogens with two attached hydrogens (primary N) is 1. The van der Waals surface area contributed by atoms with Gasteiger partial charge in [-0.15, -0.1) is 0 Å². The molecule has 102 valence electrons. The molecule has 2 rings (SSSR count). The number of hydrogen-bond donors (Lipinski definition) is 4. The van der Waals surface area contributed by atoms with Crippen molar-refractivity contribution >= 4 is 23.0 Å². The van der Waals surface area contributed by atoms with E-state index < -0.39 is 18.2 Å². The summed E-state index contributed by atoms with van der Waals surface area (Å²) in [5, 5.41) is 27.4. The predicted octanol–water partition coefficient (Wildman–Crippen LogP) is -1.48. The molecule has 0 aromatic carbocycles. The van der Waals surface area contributed by atoms with E-state index in [-0.39, 0.29) is 12.4 Å². The van der Waals surface area contributed by atoms with Crippen LogP contribution in [0.5, 0.6) is 0 Å². The van der Waals surface area contributed by atoms with E-state index in [2.05, 4.69) is 15.0 Å². The molecule has 0 unspecified atom stereocenters. The Balaban J connectivity index is 2.34. The molecule has 0 saturated carbocycles. The van der Waals surface area contributed by atoms with Crippen molar-refractivity contribution in [3.63, 3.8) is 0 Å². The Kier molecular flexibility index (Phi) is 3.32. The monoisotopic (exact) mass is 267 g/mol. The highest BCUT2D eigenvalue weighted by atomic mass is 16.4. The van der Waals surface area contributed by atoms with E-state index in [4.69, 9.17) is 10.8 Å². The summed E-state index contributed by atoms with van der Waals surface area (Å²) >= 11 is 0. The zero-order valence-corrected chi connectivity index (χ0v) is 10.1. The van der Waals surface area contributed by atoms with Crippen LogP contribution >= 0.6 is 0 Å². The summed E-state index contributed by atoms with van der Waals surface area (Å²) in [4.78, 5) is 22.6. The number of aliphatic hydroxyl groups excluding tert-OH is 2. The van der Waals surface area contributed by atoms with Crippen LogP contribution in [0.15, 0.2) is 6.33 Å². The third kappa shape index (κ3) is 2.46. The molecule has 19 heavy (non-hydrogen) atoms. The third-order valence-corrected chi connectivity index (χ3v) is 2.60. The van der Waals surface area contributed by atoms with Gasteiger partial charge in [0, 0.05) is 0 Å². The maximum absolute atomic E-state index is 10.6. The molecule has 0 saturated heterocycles.